The van der Waals surface area contributed by atoms with E-state index in [1.807, 2.05) is 30.3 Å². The van der Waals surface area contributed by atoms with Crippen LogP contribution in [0.2, 0.25) is 0 Å². The topological polar surface area (TPSA) is 27.7 Å². The second-order valence-electron chi connectivity index (χ2n) is 7.68. The fourth-order valence-corrected chi connectivity index (χ4v) is 3.34. The van der Waals surface area contributed by atoms with Crippen LogP contribution in [0.3, 0.4) is 0 Å². The van der Waals surface area contributed by atoms with Crippen LogP contribution in [0.15, 0.2) is 78.9 Å². The van der Waals surface area contributed by atoms with E-state index in [-0.39, 0.29) is 12.5 Å². The molecule has 5 rings (SSSR count). The average molecular weight is 387 g/mol. The summed E-state index contributed by atoms with van der Waals surface area (Å²) in [5, 5.41) is 0. The summed E-state index contributed by atoms with van der Waals surface area (Å²) in [5.74, 6) is 1.79. The van der Waals surface area contributed by atoms with E-state index < -0.39 is 0 Å². The molecule has 0 aromatic heterocycles. The average Bonchev–Trinajstić information content (AvgIpc) is 3.64. The van der Waals surface area contributed by atoms with Crippen LogP contribution in [-0.2, 0) is 0 Å². The van der Waals surface area contributed by atoms with E-state index in [4.69, 9.17) is 9.47 Å². The van der Waals surface area contributed by atoms with Crippen LogP contribution in [0.5, 0.6) is 11.5 Å². The van der Waals surface area contributed by atoms with Crippen molar-refractivity contribution in [2.24, 2.45) is 0 Å². The molecule has 5 heteroatoms. The van der Waals surface area contributed by atoms with E-state index in [9.17, 15) is 0 Å². The summed E-state index contributed by atoms with van der Waals surface area (Å²) < 4.78 is 11.9. The van der Waals surface area contributed by atoms with E-state index in [2.05, 4.69) is 77.3 Å². The van der Waals surface area contributed by atoms with E-state index in [1.165, 1.54) is 0 Å². The molecule has 0 radical (unpaired) electrons. The third-order valence-corrected chi connectivity index (χ3v) is 5.35. The normalized spacial score (nSPS) is 24.6. The first-order valence-electron chi connectivity index (χ1n) is 9.96. The largest absolute Gasteiger partial charge is 0.474 e. The van der Waals surface area contributed by atoms with Crippen molar-refractivity contribution in [3.05, 3.63) is 78.9 Å². The van der Waals surface area contributed by atoms with Gasteiger partial charge in [0.2, 0.25) is 0 Å². The van der Waals surface area contributed by atoms with E-state index in [1.54, 1.807) is 0 Å². The monoisotopic (exact) mass is 387 g/mol. The van der Waals surface area contributed by atoms with Gasteiger partial charge in [-0.1, -0.05) is 18.2 Å². The maximum absolute atomic E-state index is 5.94. The first kappa shape index (κ1) is 18.0. The second-order valence-corrected chi connectivity index (χ2v) is 7.68. The van der Waals surface area contributed by atoms with Gasteiger partial charge in [0, 0.05) is 17.1 Å². The van der Waals surface area contributed by atoms with Crippen molar-refractivity contribution in [3.8, 4) is 11.5 Å². The van der Waals surface area contributed by atoms with E-state index in [0.29, 0.717) is 0 Å². The maximum Gasteiger partial charge on any atom is 0.165 e. The van der Waals surface area contributed by atoms with Crippen LogP contribution in [0.1, 0.15) is 0 Å². The van der Waals surface area contributed by atoms with E-state index >= 15 is 0 Å². The van der Waals surface area contributed by atoms with Crippen molar-refractivity contribution in [2.75, 3.05) is 32.1 Å². The van der Waals surface area contributed by atoms with Gasteiger partial charge < -0.3 is 14.4 Å². The molecule has 2 aliphatic rings. The molecule has 3 aromatic carbocycles. The predicted octanol–water partition coefficient (Wildman–Crippen LogP) is 4.46. The van der Waals surface area contributed by atoms with Crippen molar-refractivity contribution in [1.29, 1.82) is 0 Å². The summed E-state index contributed by atoms with van der Waals surface area (Å²) >= 11 is 0. The summed E-state index contributed by atoms with van der Waals surface area (Å²) in [7, 11) is 4.12. The van der Waals surface area contributed by atoms with Gasteiger partial charge in [0.05, 0.1) is 13.1 Å². The lowest BCUT2D eigenvalue weighted by atomic mass is 10.2. The number of hydrogen-bond donors (Lipinski definition) is 0. The van der Waals surface area contributed by atoms with Crippen molar-refractivity contribution < 1.29 is 9.47 Å². The minimum absolute atomic E-state index is 0.212. The van der Waals surface area contributed by atoms with Gasteiger partial charge in [0.25, 0.3) is 0 Å². The smallest absolute Gasteiger partial charge is 0.165 e. The van der Waals surface area contributed by atoms with Gasteiger partial charge in [0.1, 0.15) is 11.5 Å². The molecular formula is C24H25N3O2. The van der Waals surface area contributed by atoms with Crippen molar-refractivity contribution in [3.63, 3.8) is 0 Å². The Morgan fingerprint density at radius 3 is 1.38 bits per heavy atom. The van der Waals surface area contributed by atoms with Crippen LogP contribution >= 0.6 is 0 Å². The Balaban J connectivity index is 1.41. The van der Waals surface area contributed by atoms with Crippen LogP contribution in [0.25, 0.3) is 0 Å². The third-order valence-electron chi connectivity index (χ3n) is 5.35. The zero-order chi connectivity index (χ0) is 19.8. The lowest BCUT2D eigenvalue weighted by Crippen LogP contribution is -2.10. The molecule has 0 N–H and O–H groups in total. The van der Waals surface area contributed by atoms with Gasteiger partial charge in [-0.2, -0.15) is 0 Å². The minimum Gasteiger partial charge on any atom is -0.474 e. The number of para-hydroxylation sites is 1. The van der Waals surface area contributed by atoms with Crippen molar-refractivity contribution >= 4 is 17.1 Å². The summed E-state index contributed by atoms with van der Waals surface area (Å²) in [5.41, 5.74) is 3.28. The zero-order valence-corrected chi connectivity index (χ0v) is 16.7. The number of hydrogen-bond acceptors (Lipinski definition) is 5. The Morgan fingerprint density at radius 1 is 0.621 bits per heavy atom. The molecule has 2 heterocycles. The van der Waals surface area contributed by atoms with Crippen LogP contribution in [0, 0.1) is 0 Å². The molecule has 5 nitrogen and oxygen atoms in total. The predicted molar refractivity (Wildman–Crippen MR) is 115 cm³/mol. The number of anilines is 3. The highest BCUT2D eigenvalue weighted by Gasteiger charge is 2.32. The van der Waals surface area contributed by atoms with E-state index in [0.717, 1.165) is 41.7 Å². The molecule has 2 aliphatic heterocycles. The maximum atomic E-state index is 5.94. The van der Waals surface area contributed by atoms with Crippen LogP contribution in [0.4, 0.5) is 17.1 Å². The molecule has 0 aliphatic carbocycles. The fraction of sp³-hybridized carbons (Fsp3) is 0.250. The van der Waals surface area contributed by atoms with Gasteiger partial charge >= 0.3 is 0 Å². The van der Waals surface area contributed by atoms with Crippen molar-refractivity contribution in [1.82, 2.24) is 9.80 Å². The third kappa shape index (κ3) is 4.06. The number of nitrogens with zero attached hydrogens (tertiary/aromatic N) is 3. The highest BCUT2D eigenvalue weighted by molar-refractivity contribution is 5.76. The Kier molecular flexibility index (Phi) is 4.62. The second kappa shape index (κ2) is 7.43. The quantitative estimate of drug-likeness (QED) is 0.558. The Hall–Kier alpha value is -3.02. The molecule has 4 atom stereocenters. The number of likely N-dealkylation sites (N-methyl/N-ethyl adjacent to an activating group) is 2. The Labute approximate surface area is 171 Å². The summed E-state index contributed by atoms with van der Waals surface area (Å²) in [6.45, 7) is 1.98. The number of rotatable bonds is 7. The lowest BCUT2D eigenvalue weighted by molar-refractivity contribution is 0.249. The first-order chi connectivity index (χ1) is 14.2. The molecular weight excluding hydrogens is 362 g/mol. The molecule has 0 amide bonds. The molecule has 0 saturated carbocycles. The van der Waals surface area contributed by atoms with Gasteiger partial charge in [-0.15, -0.1) is 0 Å². The van der Waals surface area contributed by atoms with Gasteiger partial charge in [-0.25, -0.2) is 0 Å². The molecule has 0 bridgehead atoms. The molecule has 2 fully saturated rings. The van der Waals surface area contributed by atoms with Gasteiger partial charge in [0.15, 0.2) is 12.5 Å². The Bertz CT molecular complexity index is 898. The van der Waals surface area contributed by atoms with Crippen LogP contribution < -0.4 is 14.4 Å². The minimum atomic E-state index is 0.212. The molecule has 2 saturated heterocycles. The molecule has 0 spiro atoms. The molecule has 3 aromatic rings. The number of benzene rings is 3. The lowest BCUT2D eigenvalue weighted by Gasteiger charge is -2.25. The van der Waals surface area contributed by atoms with Gasteiger partial charge in [-0.3, -0.25) is 9.80 Å². The fourth-order valence-electron chi connectivity index (χ4n) is 3.34. The molecule has 4 unspecified atom stereocenters. The highest BCUT2D eigenvalue weighted by atomic mass is 16.5. The SMILES string of the molecule is CN1CC1Oc1ccc(N(c2ccccc2)c2ccc(OC3CN3C)cc2)cc1. The van der Waals surface area contributed by atoms with Gasteiger partial charge in [-0.05, 0) is 74.8 Å². The highest BCUT2D eigenvalue weighted by Crippen LogP contribution is 2.36. The summed E-state index contributed by atoms with van der Waals surface area (Å²) in [6.07, 6.45) is 0.424. The summed E-state index contributed by atoms with van der Waals surface area (Å²) in [4.78, 5) is 6.56. The Morgan fingerprint density at radius 2 is 1.00 bits per heavy atom. The zero-order valence-electron chi connectivity index (χ0n) is 16.7. The van der Waals surface area contributed by atoms with Crippen molar-refractivity contribution in [2.45, 2.75) is 12.5 Å². The summed E-state index contributed by atoms with van der Waals surface area (Å²) in [6, 6.07) is 27.0. The molecule has 29 heavy (non-hydrogen) atoms. The molecule has 148 valence electrons. The standard InChI is InChI=1S/C24H25N3O2/c1-25-16-23(25)28-21-12-8-19(9-13-21)27(18-6-4-3-5-7-18)20-10-14-22(15-11-20)29-24-17-26(24)2/h3-15,23-24H,16-17H2,1-2H3. The first-order valence-corrected chi connectivity index (χ1v) is 9.96. The number of ether oxygens (including phenoxy) is 2. The van der Waals surface area contributed by atoms with Crippen LogP contribution in [-0.4, -0.2) is 49.4 Å².